The number of benzene rings is 1. The topological polar surface area (TPSA) is 83.5 Å². The molecule has 5 rings (SSSR count). The summed E-state index contributed by atoms with van der Waals surface area (Å²) in [6, 6.07) is 14.1. The van der Waals surface area contributed by atoms with Crippen molar-refractivity contribution in [1.29, 1.82) is 0 Å². The van der Waals surface area contributed by atoms with E-state index in [1.165, 1.54) is 27.0 Å². The summed E-state index contributed by atoms with van der Waals surface area (Å²) in [6.07, 6.45) is 3.64. The summed E-state index contributed by atoms with van der Waals surface area (Å²) in [5.74, 6) is -0.264. The van der Waals surface area contributed by atoms with Gasteiger partial charge in [-0.3, -0.25) is 14.7 Å². The zero-order chi connectivity index (χ0) is 23.7. The number of thiophene rings is 1. The molecule has 1 aromatic carbocycles. The molecular formula is C24H24N4O3S3. The molecule has 1 fully saturated rings. The Hall–Kier alpha value is -2.66. The van der Waals surface area contributed by atoms with Crippen molar-refractivity contribution in [2.45, 2.75) is 43.0 Å². The highest BCUT2D eigenvalue weighted by molar-refractivity contribution is 7.91. The van der Waals surface area contributed by atoms with Crippen molar-refractivity contribution in [2.24, 2.45) is 0 Å². The van der Waals surface area contributed by atoms with Crippen LogP contribution in [0.5, 0.6) is 0 Å². The minimum atomic E-state index is -3.74. The Bertz CT molecular complexity index is 1400. The van der Waals surface area contributed by atoms with Gasteiger partial charge in [0.1, 0.15) is 10.3 Å². The van der Waals surface area contributed by atoms with Crippen LogP contribution in [0.1, 0.15) is 31.0 Å². The Kier molecular flexibility index (Phi) is 6.48. The number of anilines is 1. The third-order valence-corrected chi connectivity index (χ3v) is 10.3. The van der Waals surface area contributed by atoms with E-state index in [4.69, 9.17) is 4.98 Å². The van der Waals surface area contributed by atoms with Crippen LogP contribution in [0.15, 0.2) is 64.3 Å². The number of aryl methyl sites for hydroxylation is 1. The van der Waals surface area contributed by atoms with Crippen LogP contribution in [0.2, 0.25) is 0 Å². The third kappa shape index (κ3) is 4.26. The molecule has 0 radical (unpaired) electrons. The summed E-state index contributed by atoms with van der Waals surface area (Å²) in [5.41, 5.74) is 2.72. The standard InChI is InChI=1S/C24H24N4O3S3/c1-2-17-8-5-11-20-22(17)26-24(33-20)27(16-18-9-3-4-13-25-18)23(29)19-10-6-14-28(19)34(30,31)21-12-7-15-32-21/h3-5,7-9,11-13,15,19H,2,6,10,14,16H2,1H3/t19-/m1/s1. The van der Waals surface area contributed by atoms with Gasteiger partial charge >= 0.3 is 0 Å². The first-order valence-electron chi connectivity index (χ1n) is 11.1. The monoisotopic (exact) mass is 512 g/mol. The van der Waals surface area contributed by atoms with Crippen LogP contribution in [-0.2, 0) is 27.8 Å². The zero-order valence-electron chi connectivity index (χ0n) is 18.6. The molecule has 0 spiro atoms. The molecule has 3 aromatic heterocycles. The molecule has 1 aliphatic heterocycles. The Morgan fingerprint density at radius 2 is 2.06 bits per heavy atom. The van der Waals surface area contributed by atoms with Gasteiger partial charge in [-0.05, 0) is 54.5 Å². The number of carbonyl (C=O) groups excluding carboxylic acids is 1. The van der Waals surface area contributed by atoms with Crippen LogP contribution in [0.25, 0.3) is 10.2 Å². The highest BCUT2D eigenvalue weighted by Gasteiger charge is 2.42. The maximum atomic E-state index is 14.0. The number of aromatic nitrogens is 2. The second-order valence-electron chi connectivity index (χ2n) is 8.07. The number of amides is 1. The van der Waals surface area contributed by atoms with Gasteiger partial charge in [-0.2, -0.15) is 4.31 Å². The van der Waals surface area contributed by atoms with E-state index >= 15 is 0 Å². The van der Waals surface area contributed by atoms with Gasteiger partial charge in [-0.25, -0.2) is 13.4 Å². The van der Waals surface area contributed by atoms with Crippen LogP contribution in [0.4, 0.5) is 5.13 Å². The lowest BCUT2D eigenvalue weighted by Gasteiger charge is -2.28. The third-order valence-electron chi connectivity index (χ3n) is 5.96. The summed E-state index contributed by atoms with van der Waals surface area (Å²) in [4.78, 5) is 24.8. The molecule has 176 valence electrons. The van der Waals surface area contributed by atoms with Gasteiger partial charge < -0.3 is 0 Å². The van der Waals surface area contributed by atoms with Crippen LogP contribution < -0.4 is 4.90 Å². The second kappa shape index (κ2) is 9.53. The number of sulfonamides is 1. The molecule has 1 saturated heterocycles. The molecule has 34 heavy (non-hydrogen) atoms. The first-order valence-corrected chi connectivity index (χ1v) is 14.3. The molecule has 10 heteroatoms. The molecule has 1 atom stereocenters. The maximum absolute atomic E-state index is 14.0. The molecule has 0 unspecified atom stereocenters. The van der Waals surface area contributed by atoms with Gasteiger partial charge in [0.15, 0.2) is 5.13 Å². The number of fused-ring (bicyclic) bond motifs is 1. The molecule has 0 N–H and O–H groups in total. The van der Waals surface area contributed by atoms with Crippen molar-refractivity contribution < 1.29 is 13.2 Å². The van der Waals surface area contributed by atoms with Crippen molar-refractivity contribution in [1.82, 2.24) is 14.3 Å². The van der Waals surface area contributed by atoms with E-state index in [1.54, 1.807) is 28.6 Å². The second-order valence-corrected chi connectivity index (χ2v) is 12.1. The van der Waals surface area contributed by atoms with Gasteiger partial charge in [0, 0.05) is 12.7 Å². The average Bonchev–Trinajstić information content (AvgIpc) is 3.62. The number of nitrogens with zero attached hydrogens (tertiary/aromatic N) is 4. The number of hydrogen-bond acceptors (Lipinski definition) is 7. The molecule has 1 amide bonds. The largest absolute Gasteiger partial charge is 0.281 e. The van der Waals surface area contributed by atoms with Crippen molar-refractivity contribution in [2.75, 3.05) is 11.4 Å². The molecule has 4 aromatic rings. The number of thiazole rings is 1. The molecule has 1 aliphatic rings. The molecule has 7 nitrogen and oxygen atoms in total. The number of rotatable bonds is 7. The quantitative estimate of drug-likeness (QED) is 0.358. The van der Waals surface area contributed by atoms with Crippen LogP contribution >= 0.6 is 22.7 Å². The lowest BCUT2D eigenvalue weighted by Crippen LogP contribution is -2.47. The van der Waals surface area contributed by atoms with E-state index in [2.05, 4.69) is 11.9 Å². The average molecular weight is 513 g/mol. The predicted octanol–water partition coefficient (Wildman–Crippen LogP) is 4.70. The molecule has 0 aliphatic carbocycles. The smallest absolute Gasteiger partial charge is 0.253 e. The number of hydrogen-bond donors (Lipinski definition) is 0. The van der Waals surface area contributed by atoms with Crippen molar-refractivity contribution >= 4 is 54.0 Å². The summed E-state index contributed by atoms with van der Waals surface area (Å²) in [7, 11) is -3.74. The van der Waals surface area contributed by atoms with Gasteiger partial charge in [0.25, 0.3) is 10.0 Å². The van der Waals surface area contributed by atoms with Gasteiger partial charge in [-0.15, -0.1) is 11.3 Å². The Labute approximate surface area is 206 Å². The first kappa shape index (κ1) is 23.1. The van der Waals surface area contributed by atoms with E-state index in [0.29, 0.717) is 24.5 Å². The van der Waals surface area contributed by atoms with Crippen LogP contribution in [-0.4, -0.2) is 41.2 Å². The predicted molar refractivity (Wildman–Crippen MR) is 136 cm³/mol. The van der Waals surface area contributed by atoms with Crippen LogP contribution in [0.3, 0.4) is 0 Å². The van der Waals surface area contributed by atoms with E-state index in [-0.39, 0.29) is 16.7 Å². The van der Waals surface area contributed by atoms with E-state index < -0.39 is 16.1 Å². The lowest BCUT2D eigenvalue weighted by atomic mass is 10.1. The fourth-order valence-electron chi connectivity index (χ4n) is 4.27. The summed E-state index contributed by atoms with van der Waals surface area (Å²) < 4.78 is 29.2. The molecule has 0 bridgehead atoms. The minimum absolute atomic E-state index is 0.227. The lowest BCUT2D eigenvalue weighted by molar-refractivity contribution is -0.121. The fraction of sp³-hybridized carbons (Fsp3) is 0.292. The van der Waals surface area contributed by atoms with Crippen molar-refractivity contribution in [3.8, 4) is 0 Å². The number of para-hydroxylation sites is 1. The fourth-order valence-corrected chi connectivity index (χ4v) is 8.06. The summed E-state index contributed by atoms with van der Waals surface area (Å²) >= 11 is 2.62. The maximum Gasteiger partial charge on any atom is 0.253 e. The minimum Gasteiger partial charge on any atom is -0.281 e. The van der Waals surface area contributed by atoms with Crippen molar-refractivity contribution in [3.63, 3.8) is 0 Å². The Morgan fingerprint density at radius 3 is 2.79 bits per heavy atom. The van der Waals surface area contributed by atoms with Crippen molar-refractivity contribution in [3.05, 3.63) is 71.4 Å². The molecule has 0 saturated carbocycles. The van der Waals surface area contributed by atoms with Crippen LogP contribution in [0, 0.1) is 0 Å². The highest BCUT2D eigenvalue weighted by Crippen LogP contribution is 2.35. The van der Waals surface area contributed by atoms with E-state index in [1.807, 2.05) is 36.4 Å². The Balaban J connectivity index is 1.54. The SMILES string of the molecule is CCc1cccc2sc(N(Cc3ccccn3)C(=O)[C@H]3CCCN3S(=O)(=O)c3cccs3)nc12. The van der Waals surface area contributed by atoms with Gasteiger partial charge in [0.05, 0.1) is 22.5 Å². The normalized spacial score (nSPS) is 16.8. The highest BCUT2D eigenvalue weighted by atomic mass is 32.2. The molecule has 4 heterocycles. The van der Waals surface area contributed by atoms with Gasteiger partial charge in [0.2, 0.25) is 5.91 Å². The van der Waals surface area contributed by atoms with E-state index in [9.17, 15) is 13.2 Å². The van der Waals surface area contributed by atoms with Gasteiger partial charge in [-0.1, -0.05) is 42.5 Å². The number of pyridine rings is 1. The first-order chi connectivity index (χ1) is 16.5. The summed E-state index contributed by atoms with van der Waals surface area (Å²) in [6.45, 7) is 2.63. The zero-order valence-corrected chi connectivity index (χ0v) is 21.1. The Morgan fingerprint density at radius 1 is 1.18 bits per heavy atom. The number of carbonyl (C=O) groups is 1. The molecular weight excluding hydrogens is 488 g/mol. The van der Waals surface area contributed by atoms with E-state index in [0.717, 1.165) is 27.9 Å². The summed E-state index contributed by atoms with van der Waals surface area (Å²) in [5, 5.41) is 2.30.